The summed E-state index contributed by atoms with van der Waals surface area (Å²) in [5.74, 6) is 0.452. The first-order chi connectivity index (χ1) is 13.6. The van der Waals surface area contributed by atoms with E-state index in [-0.39, 0.29) is 17.4 Å². The maximum absolute atomic E-state index is 13.3. The molecule has 1 aromatic heterocycles. The van der Waals surface area contributed by atoms with Crippen LogP contribution in [0.3, 0.4) is 0 Å². The van der Waals surface area contributed by atoms with Crippen molar-refractivity contribution in [2.24, 2.45) is 0 Å². The van der Waals surface area contributed by atoms with Crippen LogP contribution < -0.4 is 0 Å². The van der Waals surface area contributed by atoms with Crippen molar-refractivity contribution in [1.29, 1.82) is 0 Å². The third kappa shape index (κ3) is 2.60. The number of rotatable bonds is 3. The largest absolute Gasteiger partial charge is 0.508 e. The molecule has 28 heavy (non-hydrogen) atoms. The zero-order chi connectivity index (χ0) is 19.3. The number of piperidine rings is 1. The highest BCUT2D eigenvalue weighted by molar-refractivity contribution is 5.97. The first kappa shape index (κ1) is 17.3. The second kappa shape index (κ2) is 6.36. The molecule has 0 spiro atoms. The molecular formula is C23H25N3O2. The van der Waals surface area contributed by atoms with E-state index in [1.54, 1.807) is 12.4 Å². The number of phenols is 1. The molecule has 1 saturated heterocycles. The van der Waals surface area contributed by atoms with Crippen LogP contribution in [0.2, 0.25) is 0 Å². The molecule has 144 valence electrons. The Morgan fingerprint density at radius 1 is 1.32 bits per heavy atom. The minimum absolute atomic E-state index is 0.0792. The fourth-order valence-corrected chi connectivity index (χ4v) is 5.44. The molecule has 2 aliphatic rings. The third-order valence-corrected chi connectivity index (χ3v) is 6.68. The van der Waals surface area contributed by atoms with Gasteiger partial charge in [-0.05, 0) is 72.6 Å². The first-order valence-corrected chi connectivity index (χ1v) is 10.2. The van der Waals surface area contributed by atoms with Crippen LogP contribution in [0, 0.1) is 0 Å². The van der Waals surface area contributed by atoms with Gasteiger partial charge < -0.3 is 15.0 Å². The average molecular weight is 375 g/mol. The topological polar surface area (TPSA) is 69.2 Å². The summed E-state index contributed by atoms with van der Waals surface area (Å²) in [5.41, 5.74) is 5.16. The predicted octanol–water partition coefficient (Wildman–Crippen LogP) is 4.17. The molecule has 1 fully saturated rings. The number of carbonyl (C=O) groups excluding carboxylic acids is 1. The van der Waals surface area contributed by atoms with Gasteiger partial charge in [-0.15, -0.1) is 0 Å². The minimum atomic E-state index is 0.0792. The number of phenolic OH excluding ortho intramolecular Hbond substituents is 1. The number of imidazole rings is 1. The number of aromatic amines is 1. The number of benzene rings is 2. The lowest BCUT2D eigenvalue weighted by molar-refractivity contribution is 0.0450. The van der Waals surface area contributed by atoms with Crippen LogP contribution in [0.15, 0.2) is 42.7 Å². The Balaban J connectivity index is 1.49. The highest BCUT2D eigenvalue weighted by atomic mass is 16.3. The maximum atomic E-state index is 13.3. The summed E-state index contributed by atoms with van der Waals surface area (Å²) < 4.78 is 0. The second-order valence-corrected chi connectivity index (χ2v) is 8.32. The van der Waals surface area contributed by atoms with Crippen molar-refractivity contribution in [3.8, 4) is 5.75 Å². The van der Waals surface area contributed by atoms with Crippen molar-refractivity contribution in [2.75, 3.05) is 6.54 Å². The van der Waals surface area contributed by atoms with Crippen LogP contribution in [-0.4, -0.2) is 38.5 Å². The van der Waals surface area contributed by atoms with Crippen LogP contribution in [0.25, 0.3) is 11.0 Å². The molecule has 1 aliphatic carbocycles. The SMILES string of the molecule is CCCC12CCN(C(=O)c3ccc4nc[nH]c4c3)C(Cc3ccc(O)cc31)C2. The normalized spacial score (nSPS) is 23.6. The van der Waals surface area contributed by atoms with Crippen LogP contribution in [0.4, 0.5) is 0 Å². The molecule has 1 aliphatic heterocycles. The van der Waals surface area contributed by atoms with Crippen LogP contribution in [0.1, 0.15) is 54.1 Å². The van der Waals surface area contributed by atoms with E-state index in [1.807, 2.05) is 30.3 Å². The van der Waals surface area contributed by atoms with Crippen molar-refractivity contribution in [3.63, 3.8) is 0 Å². The number of fused-ring (bicyclic) bond motifs is 5. The summed E-state index contributed by atoms with van der Waals surface area (Å²) >= 11 is 0. The molecule has 5 nitrogen and oxygen atoms in total. The molecule has 3 aromatic rings. The predicted molar refractivity (Wildman–Crippen MR) is 109 cm³/mol. The number of amides is 1. The Bertz CT molecular complexity index is 1060. The molecule has 5 heteroatoms. The van der Waals surface area contributed by atoms with Gasteiger partial charge in [0, 0.05) is 18.2 Å². The van der Waals surface area contributed by atoms with E-state index >= 15 is 0 Å². The van der Waals surface area contributed by atoms with Crippen molar-refractivity contribution in [3.05, 3.63) is 59.4 Å². The highest BCUT2D eigenvalue weighted by Crippen LogP contribution is 2.48. The Morgan fingerprint density at radius 2 is 2.21 bits per heavy atom. The summed E-state index contributed by atoms with van der Waals surface area (Å²) in [7, 11) is 0. The number of hydrogen-bond acceptors (Lipinski definition) is 3. The number of H-pyrrole nitrogens is 1. The lowest BCUT2D eigenvalue weighted by Crippen LogP contribution is -2.55. The van der Waals surface area contributed by atoms with Gasteiger partial charge in [0.05, 0.1) is 17.4 Å². The molecule has 0 saturated carbocycles. The Labute approximate surface area is 164 Å². The van der Waals surface area contributed by atoms with E-state index in [9.17, 15) is 9.90 Å². The van der Waals surface area contributed by atoms with Gasteiger partial charge in [-0.25, -0.2) is 4.98 Å². The molecule has 1 amide bonds. The monoisotopic (exact) mass is 375 g/mol. The fourth-order valence-electron chi connectivity index (χ4n) is 5.44. The fraction of sp³-hybridized carbons (Fsp3) is 0.391. The molecular weight excluding hydrogens is 350 g/mol. The van der Waals surface area contributed by atoms with E-state index in [4.69, 9.17) is 0 Å². The zero-order valence-corrected chi connectivity index (χ0v) is 16.1. The van der Waals surface area contributed by atoms with E-state index < -0.39 is 0 Å². The van der Waals surface area contributed by atoms with Crippen LogP contribution in [-0.2, 0) is 11.8 Å². The smallest absolute Gasteiger partial charge is 0.254 e. The lowest BCUT2D eigenvalue weighted by Gasteiger charge is -2.51. The van der Waals surface area contributed by atoms with E-state index in [1.165, 1.54) is 11.1 Å². The van der Waals surface area contributed by atoms with Gasteiger partial charge in [0.2, 0.25) is 0 Å². The Morgan fingerprint density at radius 3 is 3.07 bits per heavy atom. The van der Waals surface area contributed by atoms with Gasteiger partial charge in [0.1, 0.15) is 5.75 Å². The number of aromatic nitrogens is 2. The number of hydrogen-bond donors (Lipinski definition) is 2. The lowest BCUT2D eigenvalue weighted by atomic mass is 9.62. The number of carbonyl (C=O) groups is 1. The maximum Gasteiger partial charge on any atom is 0.254 e. The van der Waals surface area contributed by atoms with E-state index in [0.717, 1.165) is 55.2 Å². The molecule has 2 unspecified atom stereocenters. The quantitative estimate of drug-likeness (QED) is 0.722. The molecule has 5 rings (SSSR count). The van der Waals surface area contributed by atoms with Crippen molar-refractivity contribution in [1.82, 2.24) is 14.9 Å². The van der Waals surface area contributed by atoms with Crippen LogP contribution in [0.5, 0.6) is 5.75 Å². The molecule has 2 aromatic carbocycles. The molecule has 2 heterocycles. The van der Waals surface area contributed by atoms with Crippen LogP contribution >= 0.6 is 0 Å². The first-order valence-electron chi connectivity index (χ1n) is 10.2. The molecule has 2 bridgehead atoms. The van der Waals surface area contributed by atoms with Gasteiger partial charge in [0.15, 0.2) is 0 Å². The second-order valence-electron chi connectivity index (χ2n) is 8.32. The number of nitrogens with zero attached hydrogens (tertiary/aromatic N) is 2. The number of aromatic hydroxyl groups is 1. The summed E-state index contributed by atoms with van der Waals surface area (Å²) in [6.07, 6.45) is 6.65. The Hall–Kier alpha value is -2.82. The zero-order valence-electron chi connectivity index (χ0n) is 16.1. The molecule has 2 atom stereocenters. The number of likely N-dealkylation sites (tertiary alicyclic amines) is 1. The van der Waals surface area contributed by atoms with E-state index in [2.05, 4.69) is 21.8 Å². The summed E-state index contributed by atoms with van der Waals surface area (Å²) in [6, 6.07) is 11.7. The minimum Gasteiger partial charge on any atom is -0.508 e. The van der Waals surface area contributed by atoms with Gasteiger partial charge in [-0.3, -0.25) is 4.79 Å². The van der Waals surface area contributed by atoms with Gasteiger partial charge in [-0.2, -0.15) is 0 Å². The number of nitrogens with one attached hydrogen (secondary N) is 1. The Kier molecular flexibility index (Phi) is 3.93. The molecule has 2 N–H and O–H groups in total. The van der Waals surface area contributed by atoms with Crippen molar-refractivity contribution >= 4 is 16.9 Å². The third-order valence-electron chi connectivity index (χ3n) is 6.68. The molecule has 0 radical (unpaired) electrons. The highest BCUT2D eigenvalue weighted by Gasteiger charge is 2.46. The van der Waals surface area contributed by atoms with E-state index in [0.29, 0.717) is 5.75 Å². The summed E-state index contributed by atoms with van der Waals surface area (Å²) in [6.45, 7) is 2.98. The van der Waals surface area contributed by atoms with Gasteiger partial charge in [-0.1, -0.05) is 19.4 Å². The average Bonchev–Trinajstić information content (AvgIpc) is 3.16. The van der Waals surface area contributed by atoms with Gasteiger partial charge >= 0.3 is 0 Å². The summed E-state index contributed by atoms with van der Waals surface area (Å²) in [5, 5.41) is 10.1. The van der Waals surface area contributed by atoms with Crippen molar-refractivity contribution in [2.45, 2.75) is 50.5 Å². The standard InChI is InChI=1S/C23H25N3O2/c1-2-7-23-8-9-26(17(13-23)10-15-3-5-18(27)12-19(15)23)22(28)16-4-6-20-21(11-16)25-14-24-20/h3-6,11-12,14,17,27H,2,7-10,13H2,1H3,(H,24,25). The van der Waals surface area contributed by atoms with Crippen molar-refractivity contribution < 1.29 is 9.90 Å². The summed E-state index contributed by atoms with van der Waals surface area (Å²) in [4.78, 5) is 22.8. The van der Waals surface area contributed by atoms with Gasteiger partial charge in [0.25, 0.3) is 5.91 Å².